The summed E-state index contributed by atoms with van der Waals surface area (Å²) in [4.78, 5) is 11.5. The van der Waals surface area contributed by atoms with E-state index in [1.54, 1.807) is 6.07 Å². The Bertz CT molecular complexity index is 397. The van der Waals surface area contributed by atoms with Gasteiger partial charge in [0.2, 0.25) is 0 Å². The molecule has 16 heavy (non-hydrogen) atoms. The van der Waals surface area contributed by atoms with Crippen LogP contribution < -0.4 is 5.73 Å². The molecule has 0 aliphatic carbocycles. The van der Waals surface area contributed by atoms with Gasteiger partial charge in [0, 0.05) is 0 Å². The topological polar surface area (TPSA) is 52.3 Å². The van der Waals surface area contributed by atoms with Crippen molar-refractivity contribution in [2.45, 2.75) is 13.3 Å². The SMILES string of the molecule is COC(=O)c1ccc(C)cc1C=CCCN. The number of rotatable bonds is 4. The van der Waals surface area contributed by atoms with Gasteiger partial charge in [0.05, 0.1) is 12.7 Å². The van der Waals surface area contributed by atoms with Gasteiger partial charge in [-0.15, -0.1) is 0 Å². The highest BCUT2D eigenvalue weighted by Crippen LogP contribution is 2.15. The molecule has 0 aromatic heterocycles. The second-order valence-corrected chi connectivity index (χ2v) is 3.56. The van der Waals surface area contributed by atoms with Gasteiger partial charge in [-0.1, -0.05) is 29.8 Å². The molecule has 0 spiro atoms. The van der Waals surface area contributed by atoms with Crippen molar-refractivity contribution in [2.75, 3.05) is 13.7 Å². The fourth-order valence-corrected chi connectivity index (χ4v) is 1.42. The minimum Gasteiger partial charge on any atom is -0.465 e. The van der Waals surface area contributed by atoms with E-state index in [2.05, 4.69) is 0 Å². The number of benzene rings is 1. The number of nitrogens with two attached hydrogens (primary N) is 1. The normalized spacial score (nSPS) is 10.7. The molecule has 0 heterocycles. The lowest BCUT2D eigenvalue weighted by Crippen LogP contribution is -2.03. The van der Waals surface area contributed by atoms with Crippen LogP contribution in [0, 0.1) is 6.92 Å². The van der Waals surface area contributed by atoms with Crippen LogP contribution in [0.3, 0.4) is 0 Å². The number of esters is 1. The van der Waals surface area contributed by atoms with E-state index in [1.807, 2.05) is 31.2 Å². The van der Waals surface area contributed by atoms with Crippen molar-refractivity contribution in [1.29, 1.82) is 0 Å². The molecule has 0 fully saturated rings. The van der Waals surface area contributed by atoms with Crippen LogP contribution in [0.2, 0.25) is 0 Å². The van der Waals surface area contributed by atoms with E-state index in [4.69, 9.17) is 10.5 Å². The van der Waals surface area contributed by atoms with Crippen molar-refractivity contribution in [3.8, 4) is 0 Å². The summed E-state index contributed by atoms with van der Waals surface area (Å²) in [6, 6.07) is 5.63. The number of methoxy groups -OCH3 is 1. The monoisotopic (exact) mass is 219 g/mol. The number of hydrogen-bond donors (Lipinski definition) is 1. The lowest BCUT2D eigenvalue weighted by Gasteiger charge is -2.05. The third kappa shape index (κ3) is 3.21. The maximum Gasteiger partial charge on any atom is 0.338 e. The molecule has 3 nitrogen and oxygen atoms in total. The second kappa shape index (κ2) is 6.08. The maximum absolute atomic E-state index is 11.5. The molecule has 0 amide bonds. The molecule has 3 heteroatoms. The Balaban J connectivity index is 3.03. The molecule has 0 unspecified atom stereocenters. The first-order chi connectivity index (χ1) is 7.69. The van der Waals surface area contributed by atoms with Crippen molar-refractivity contribution < 1.29 is 9.53 Å². The van der Waals surface area contributed by atoms with Crippen LogP contribution in [0.1, 0.15) is 27.9 Å². The molecule has 0 bridgehead atoms. The molecular weight excluding hydrogens is 202 g/mol. The predicted octanol–water partition coefficient (Wildman–Crippen LogP) is 2.14. The van der Waals surface area contributed by atoms with E-state index >= 15 is 0 Å². The molecule has 0 aliphatic heterocycles. The van der Waals surface area contributed by atoms with Crippen molar-refractivity contribution in [1.82, 2.24) is 0 Å². The summed E-state index contributed by atoms with van der Waals surface area (Å²) in [5.41, 5.74) is 7.97. The van der Waals surface area contributed by atoms with Crippen LogP contribution in [0.4, 0.5) is 0 Å². The van der Waals surface area contributed by atoms with Crippen molar-refractivity contribution >= 4 is 12.0 Å². The largest absolute Gasteiger partial charge is 0.465 e. The lowest BCUT2D eigenvalue weighted by molar-refractivity contribution is 0.0600. The molecule has 2 N–H and O–H groups in total. The Morgan fingerprint density at radius 2 is 2.25 bits per heavy atom. The van der Waals surface area contributed by atoms with Gasteiger partial charge in [-0.3, -0.25) is 0 Å². The number of carbonyl (C=O) groups excluding carboxylic acids is 1. The summed E-state index contributed by atoms with van der Waals surface area (Å²) >= 11 is 0. The van der Waals surface area contributed by atoms with Crippen LogP contribution in [0.25, 0.3) is 6.08 Å². The zero-order valence-electron chi connectivity index (χ0n) is 9.69. The predicted molar refractivity (Wildman–Crippen MR) is 65.2 cm³/mol. The first-order valence-corrected chi connectivity index (χ1v) is 5.24. The van der Waals surface area contributed by atoms with Gasteiger partial charge in [-0.25, -0.2) is 4.79 Å². The van der Waals surface area contributed by atoms with E-state index in [0.29, 0.717) is 12.1 Å². The van der Waals surface area contributed by atoms with Gasteiger partial charge < -0.3 is 10.5 Å². The zero-order chi connectivity index (χ0) is 12.0. The van der Waals surface area contributed by atoms with Crippen LogP contribution in [0.5, 0.6) is 0 Å². The second-order valence-electron chi connectivity index (χ2n) is 3.56. The van der Waals surface area contributed by atoms with E-state index in [0.717, 1.165) is 17.5 Å². The molecular formula is C13H17NO2. The van der Waals surface area contributed by atoms with E-state index in [9.17, 15) is 4.79 Å². The van der Waals surface area contributed by atoms with Crippen molar-refractivity contribution in [2.24, 2.45) is 5.73 Å². The minimum absolute atomic E-state index is 0.313. The van der Waals surface area contributed by atoms with Gasteiger partial charge in [0.1, 0.15) is 0 Å². The van der Waals surface area contributed by atoms with Gasteiger partial charge >= 0.3 is 5.97 Å². The number of aryl methyl sites for hydroxylation is 1. The molecule has 1 rings (SSSR count). The molecule has 86 valence electrons. The fraction of sp³-hybridized carbons (Fsp3) is 0.308. The highest BCUT2D eigenvalue weighted by molar-refractivity contribution is 5.93. The maximum atomic E-state index is 11.5. The Kier molecular flexibility index (Phi) is 4.73. The molecule has 0 radical (unpaired) electrons. The van der Waals surface area contributed by atoms with E-state index < -0.39 is 0 Å². The van der Waals surface area contributed by atoms with Crippen molar-refractivity contribution in [3.05, 3.63) is 41.0 Å². The number of ether oxygens (including phenoxy) is 1. The Hall–Kier alpha value is -1.61. The molecule has 1 aromatic carbocycles. The average molecular weight is 219 g/mol. The standard InChI is InChI=1S/C13H17NO2/c1-10-6-7-12(13(15)16-2)11(9-10)5-3-4-8-14/h3,5-7,9H,4,8,14H2,1-2H3. The van der Waals surface area contributed by atoms with Gasteiger partial charge in [0.15, 0.2) is 0 Å². The summed E-state index contributed by atoms with van der Waals surface area (Å²) in [5, 5.41) is 0. The quantitative estimate of drug-likeness (QED) is 0.789. The summed E-state index contributed by atoms with van der Waals surface area (Å²) < 4.78 is 4.73. The third-order valence-electron chi connectivity index (χ3n) is 2.24. The molecule has 0 atom stereocenters. The van der Waals surface area contributed by atoms with Crippen molar-refractivity contribution in [3.63, 3.8) is 0 Å². The van der Waals surface area contributed by atoms with Crippen LogP contribution in [0.15, 0.2) is 24.3 Å². The highest BCUT2D eigenvalue weighted by atomic mass is 16.5. The average Bonchev–Trinajstić information content (AvgIpc) is 2.29. The summed E-state index contributed by atoms with van der Waals surface area (Å²) in [7, 11) is 1.38. The fourth-order valence-electron chi connectivity index (χ4n) is 1.42. The lowest BCUT2D eigenvalue weighted by atomic mass is 10.0. The molecule has 0 saturated carbocycles. The van der Waals surface area contributed by atoms with Gasteiger partial charge in [0.25, 0.3) is 0 Å². The Morgan fingerprint density at radius 1 is 1.50 bits per heavy atom. The summed E-state index contributed by atoms with van der Waals surface area (Å²) in [6.07, 6.45) is 4.67. The number of hydrogen-bond acceptors (Lipinski definition) is 3. The molecule has 0 saturated heterocycles. The Labute approximate surface area is 95.9 Å². The van der Waals surface area contributed by atoms with Crippen LogP contribution in [-0.2, 0) is 4.74 Å². The van der Waals surface area contributed by atoms with E-state index in [1.165, 1.54) is 7.11 Å². The number of carbonyl (C=O) groups is 1. The Morgan fingerprint density at radius 3 is 2.88 bits per heavy atom. The molecule has 1 aromatic rings. The first kappa shape index (κ1) is 12.5. The minimum atomic E-state index is -0.313. The van der Waals surface area contributed by atoms with Gasteiger partial charge in [-0.05, 0) is 31.5 Å². The van der Waals surface area contributed by atoms with E-state index in [-0.39, 0.29) is 5.97 Å². The molecule has 0 aliphatic rings. The zero-order valence-corrected chi connectivity index (χ0v) is 9.69. The smallest absolute Gasteiger partial charge is 0.338 e. The van der Waals surface area contributed by atoms with Gasteiger partial charge in [-0.2, -0.15) is 0 Å². The summed E-state index contributed by atoms with van der Waals surface area (Å²) in [5.74, 6) is -0.313. The van der Waals surface area contributed by atoms with Crippen LogP contribution >= 0.6 is 0 Å². The third-order valence-corrected chi connectivity index (χ3v) is 2.24. The highest BCUT2D eigenvalue weighted by Gasteiger charge is 2.09. The van der Waals surface area contributed by atoms with Crippen LogP contribution in [-0.4, -0.2) is 19.6 Å². The summed E-state index contributed by atoms with van der Waals surface area (Å²) in [6.45, 7) is 2.59. The first-order valence-electron chi connectivity index (χ1n) is 5.24.